The van der Waals surface area contributed by atoms with Crippen LogP contribution in [0.1, 0.15) is 63.2 Å². The summed E-state index contributed by atoms with van der Waals surface area (Å²) >= 11 is 0. The second-order valence-corrected chi connectivity index (χ2v) is 8.23. The van der Waals surface area contributed by atoms with Crippen molar-refractivity contribution in [2.45, 2.75) is 58.9 Å². The standard InChI is InChI=1S/C20H29N3O2/c1-20(2,3)19(25)22-15-9-10-17(23-11-5-4-6-12-23)16(13-15)18(24)21-14-7-8-14/h9-10,13-14H,4-8,11-12H2,1-3H3,(H,21,24)(H,22,25). The van der Waals surface area contributed by atoms with Crippen LogP contribution >= 0.6 is 0 Å². The van der Waals surface area contributed by atoms with Crippen LogP contribution in [0, 0.1) is 5.41 Å². The van der Waals surface area contributed by atoms with Crippen LogP contribution in [0.5, 0.6) is 0 Å². The zero-order valence-corrected chi connectivity index (χ0v) is 15.5. The smallest absolute Gasteiger partial charge is 0.253 e. The van der Waals surface area contributed by atoms with Crippen LogP contribution in [0.4, 0.5) is 11.4 Å². The Bertz CT molecular complexity index is 653. The van der Waals surface area contributed by atoms with Gasteiger partial charge in [-0.25, -0.2) is 0 Å². The lowest BCUT2D eigenvalue weighted by Crippen LogP contribution is -2.33. The van der Waals surface area contributed by atoms with Crippen molar-refractivity contribution in [2.75, 3.05) is 23.3 Å². The average Bonchev–Trinajstić information content (AvgIpc) is 3.38. The summed E-state index contributed by atoms with van der Waals surface area (Å²) in [4.78, 5) is 27.3. The van der Waals surface area contributed by atoms with Crippen molar-refractivity contribution >= 4 is 23.2 Å². The fourth-order valence-corrected chi connectivity index (χ4v) is 3.02. The first-order chi connectivity index (χ1) is 11.8. The fourth-order valence-electron chi connectivity index (χ4n) is 3.02. The topological polar surface area (TPSA) is 61.4 Å². The van der Waals surface area contributed by atoms with Crippen LogP contribution in [0.3, 0.4) is 0 Å². The summed E-state index contributed by atoms with van der Waals surface area (Å²) in [5, 5.41) is 6.02. The molecule has 5 nitrogen and oxygen atoms in total. The SMILES string of the molecule is CC(C)(C)C(=O)Nc1ccc(N2CCCCC2)c(C(=O)NC2CC2)c1. The van der Waals surface area contributed by atoms with E-state index in [1.54, 1.807) is 0 Å². The second kappa shape index (κ2) is 7.06. The lowest BCUT2D eigenvalue weighted by atomic mass is 9.95. The molecule has 1 aliphatic carbocycles. The molecule has 5 heteroatoms. The molecule has 0 atom stereocenters. The molecule has 136 valence electrons. The molecule has 3 rings (SSSR count). The molecule has 2 fully saturated rings. The molecule has 0 unspecified atom stereocenters. The van der Waals surface area contributed by atoms with Crippen molar-refractivity contribution < 1.29 is 9.59 Å². The van der Waals surface area contributed by atoms with Gasteiger partial charge >= 0.3 is 0 Å². The number of nitrogens with one attached hydrogen (secondary N) is 2. The van der Waals surface area contributed by atoms with Crippen molar-refractivity contribution in [1.29, 1.82) is 0 Å². The number of anilines is 2. The minimum Gasteiger partial charge on any atom is -0.371 e. The van der Waals surface area contributed by atoms with Crippen LogP contribution in [0.25, 0.3) is 0 Å². The second-order valence-electron chi connectivity index (χ2n) is 8.23. The number of rotatable bonds is 4. The van der Waals surface area contributed by atoms with E-state index in [0.717, 1.165) is 44.5 Å². The molecule has 0 bridgehead atoms. The minimum absolute atomic E-state index is 0.0325. The van der Waals surface area contributed by atoms with E-state index in [2.05, 4.69) is 15.5 Å². The van der Waals surface area contributed by atoms with Gasteiger partial charge in [0.05, 0.1) is 5.56 Å². The molecule has 1 aliphatic heterocycles. The van der Waals surface area contributed by atoms with Crippen molar-refractivity contribution in [3.05, 3.63) is 23.8 Å². The van der Waals surface area contributed by atoms with Gasteiger partial charge in [0, 0.05) is 35.9 Å². The van der Waals surface area contributed by atoms with E-state index in [9.17, 15) is 9.59 Å². The van der Waals surface area contributed by atoms with Crippen molar-refractivity contribution in [1.82, 2.24) is 5.32 Å². The number of amides is 2. The summed E-state index contributed by atoms with van der Waals surface area (Å²) < 4.78 is 0. The maximum atomic E-state index is 12.7. The average molecular weight is 343 g/mol. The van der Waals surface area contributed by atoms with E-state index in [1.807, 2.05) is 39.0 Å². The lowest BCUT2D eigenvalue weighted by molar-refractivity contribution is -0.123. The first kappa shape index (κ1) is 17.8. The Balaban J connectivity index is 1.86. The van der Waals surface area contributed by atoms with Crippen molar-refractivity contribution in [2.24, 2.45) is 5.41 Å². The maximum Gasteiger partial charge on any atom is 0.253 e. The third kappa shape index (κ3) is 4.53. The van der Waals surface area contributed by atoms with Gasteiger partial charge in [-0.15, -0.1) is 0 Å². The number of piperidine rings is 1. The Labute approximate surface area is 150 Å². The highest BCUT2D eigenvalue weighted by Gasteiger charge is 2.27. The number of carbonyl (C=O) groups is 2. The largest absolute Gasteiger partial charge is 0.371 e. The molecule has 0 radical (unpaired) electrons. The molecular formula is C20H29N3O2. The lowest BCUT2D eigenvalue weighted by Gasteiger charge is -2.30. The van der Waals surface area contributed by atoms with E-state index < -0.39 is 5.41 Å². The molecule has 25 heavy (non-hydrogen) atoms. The zero-order valence-electron chi connectivity index (χ0n) is 15.5. The molecule has 2 aliphatic rings. The van der Waals surface area contributed by atoms with Gasteiger partial charge < -0.3 is 15.5 Å². The quantitative estimate of drug-likeness (QED) is 0.879. The van der Waals surface area contributed by atoms with Crippen LogP contribution < -0.4 is 15.5 Å². The summed E-state index contributed by atoms with van der Waals surface area (Å²) in [5.74, 6) is -0.0818. The van der Waals surface area contributed by atoms with Gasteiger partial charge in [0.15, 0.2) is 0 Å². The summed E-state index contributed by atoms with van der Waals surface area (Å²) in [5.41, 5.74) is 1.86. The predicted octanol–water partition coefficient (Wildman–Crippen LogP) is 3.55. The molecule has 1 saturated carbocycles. The van der Waals surface area contributed by atoms with Gasteiger partial charge in [0.25, 0.3) is 5.91 Å². The van der Waals surface area contributed by atoms with E-state index >= 15 is 0 Å². The highest BCUT2D eigenvalue weighted by atomic mass is 16.2. The van der Waals surface area contributed by atoms with E-state index in [1.165, 1.54) is 6.42 Å². The Morgan fingerprint density at radius 3 is 2.36 bits per heavy atom. The Morgan fingerprint density at radius 2 is 1.76 bits per heavy atom. The third-order valence-electron chi connectivity index (χ3n) is 4.79. The summed E-state index contributed by atoms with van der Waals surface area (Å²) in [6.45, 7) is 7.61. The molecule has 1 aromatic carbocycles. The fraction of sp³-hybridized carbons (Fsp3) is 0.600. The Hall–Kier alpha value is -2.04. The van der Waals surface area contributed by atoms with Gasteiger partial charge in [-0.05, 0) is 50.3 Å². The first-order valence-corrected chi connectivity index (χ1v) is 9.36. The van der Waals surface area contributed by atoms with Crippen molar-refractivity contribution in [3.8, 4) is 0 Å². The molecule has 2 amide bonds. The number of carbonyl (C=O) groups excluding carboxylic acids is 2. The van der Waals surface area contributed by atoms with Gasteiger partial charge in [0.2, 0.25) is 5.91 Å². The number of benzene rings is 1. The minimum atomic E-state index is -0.470. The van der Waals surface area contributed by atoms with E-state index in [-0.39, 0.29) is 11.8 Å². The number of hydrogen-bond donors (Lipinski definition) is 2. The van der Waals surface area contributed by atoms with Gasteiger partial charge in [-0.3, -0.25) is 9.59 Å². The van der Waals surface area contributed by atoms with Crippen molar-refractivity contribution in [3.63, 3.8) is 0 Å². The predicted molar refractivity (Wildman–Crippen MR) is 101 cm³/mol. The van der Waals surface area contributed by atoms with Crippen LogP contribution in [0.2, 0.25) is 0 Å². The van der Waals surface area contributed by atoms with Crippen LogP contribution in [-0.2, 0) is 4.79 Å². The molecule has 1 saturated heterocycles. The van der Waals surface area contributed by atoms with Crippen LogP contribution in [-0.4, -0.2) is 30.9 Å². The molecule has 2 N–H and O–H groups in total. The number of hydrogen-bond acceptors (Lipinski definition) is 3. The molecule has 1 heterocycles. The maximum absolute atomic E-state index is 12.7. The molecule has 1 aromatic rings. The molecule has 0 aromatic heterocycles. The first-order valence-electron chi connectivity index (χ1n) is 9.36. The third-order valence-corrected chi connectivity index (χ3v) is 4.79. The Morgan fingerprint density at radius 1 is 1.08 bits per heavy atom. The monoisotopic (exact) mass is 343 g/mol. The van der Waals surface area contributed by atoms with Crippen LogP contribution in [0.15, 0.2) is 18.2 Å². The highest BCUT2D eigenvalue weighted by Crippen LogP contribution is 2.29. The molecular weight excluding hydrogens is 314 g/mol. The zero-order chi connectivity index (χ0) is 18.0. The van der Waals surface area contributed by atoms with E-state index in [0.29, 0.717) is 17.3 Å². The summed E-state index contributed by atoms with van der Waals surface area (Å²) in [6.07, 6.45) is 5.69. The van der Waals surface area contributed by atoms with E-state index in [4.69, 9.17) is 0 Å². The summed E-state index contributed by atoms with van der Waals surface area (Å²) in [6, 6.07) is 6.02. The molecule has 0 spiro atoms. The normalized spacial score (nSPS) is 18.0. The Kier molecular flexibility index (Phi) is 5.02. The van der Waals surface area contributed by atoms with Gasteiger partial charge in [0.1, 0.15) is 0 Å². The highest BCUT2D eigenvalue weighted by molar-refractivity contribution is 6.02. The number of nitrogens with zero attached hydrogens (tertiary/aromatic N) is 1. The summed E-state index contributed by atoms with van der Waals surface area (Å²) in [7, 11) is 0. The van der Waals surface area contributed by atoms with Gasteiger partial charge in [-0.1, -0.05) is 20.8 Å². The van der Waals surface area contributed by atoms with Gasteiger partial charge in [-0.2, -0.15) is 0 Å².